The highest BCUT2D eigenvalue weighted by molar-refractivity contribution is 5.25. The molecule has 1 unspecified atom stereocenters. The molecule has 21 heavy (non-hydrogen) atoms. The average molecular weight is 285 g/mol. The van der Waals surface area contributed by atoms with E-state index in [9.17, 15) is 0 Å². The summed E-state index contributed by atoms with van der Waals surface area (Å²) >= 11 is 0. The molecule has 1 aromatic heterocycles. The van der Waals surface area contributed by atoms with E-state index in [-0.39, 0.29) is 5.54 Å². The van der Waals surface area contributed by atoms with Gasteiger partial charge in [0.25, 0.3) is 0 Å². The number of rotatable bonds is 5. The summed E-state index contributed by atoms with van der Waals surface area (Å²) in [6.45, 7) is 12.8. The number of nitrogens with one attached hydrogen (secondary N) is 1. The Labute approximate surface area is 128 Å². The zero-order valence-electron chi connectivity index (χ0n) is 13.9. The second-order valence-electron chi connectivity index (χ2n) is 6.88. The molecule has 0 aliphatic heterocycles. The van der Waals surface area contributed by atoms with Crippen molar-refractivity contribution in [1.82, 2.24) is 14.9 Å². The lowest BCUT2D eigenvalue weighted by atomic mass is 9.98. The van der Waals surface area contributed by atoms with Gasteiger partial charge in [-0.2, -0.15) is 0 Å². The van der Waals surface area contributed by atoms with Gasteiger partial charge in [0.2, 0.25) is 0 Å². The fourth-order valence-electron chi connectivity index (χ4n) is 2.30. The van der Waals surface area contributed by atoms with Crippen LogP contribution in [0.2, 0.25) is 0 Å². The van der Waals surface area contributed by atoms with Gasteiger partial charge in [0.1, 0.15) is 5.82 Å². The van der Waals surface area contributed by atoms with E-state index in [1.165, 1.54) is 11.1 Å². The number of hydrogen-bond donors (Lipinski definition) is 1. The Kier molecular flexibility index (Phi) is 4.84. The Balaban J connectivity index is 1.97. The van der Waals surface area contributed by atoms with Crippen LogP contribution < -0.4 is 5.32 Å². The molecule has 0 amide bonds. The molecule has 0 fully saturated rings. The Morgan fingerprint density at radius 2 is 1.86 bits per heavy atom. The first-order chi connectivity index (χ1) is 9.85. The van der Waals surface area contributed by atoms with Gasteiger partial charge in [-0.25, -0.2) is 4.98 Å². The molecule has 114 valence electrons. The predicted octanol–water partition coefficient (Wildman–Crippen LogP) is 3.73. The Morgan fingerprint density at radius 3 is 2.38 bits per heavy atom. The van der Waals surface area contributed by atoms with Crippen LogP contribution in [0.3, 0.4) is 0 Å². The highest BCUT2D eigenvalue weighted by Gasteiger charge is 2.12. The number of hydrogen-bond acceptors (Lipinski definition) is 2. The van der Waals surface area contributed by atoms with Gasteiger partial charge >= 0.3 is 0 Å². The molecule has 0 spiro atoms. The summed E-state index contributed by atoms with van der Waals surface area (Å²) < 4.78 is 2.17. The van der Waals surface area contributed by atoms with Gasteiger partial charge < -0.3 is 9.88 Å². The SMILES string of the molecule is Cc1nccn1Cc1ccc(C(C)CNC(C)(C)C)cc1. The van der Waals surface area contributed by atoms with Gasteiger partial charge in [-0.1, -0.05) is 31.2 Å². The van der Waals surface area contributed by atoms with E-state index in [1.807, 2.05) is 19.3 Å². The fraction of sp³-hybridized carbons (Fsp3) is 0.500. The molecular weight excluding hydrogens is 258 g/mol. The second-order valence-corrected chi connectivity index (χ2v) is 6.88. The molecule has 0 saturated carbocycles. The summed E-state index contributed by atoms with van der Waals surface area (Å²) in [7, 11) is 0. The molecule has 0 aliphatic rings. The number of aromatic nitrogens is 2. The topological polar surface area (TPSA) is 29.9 Å². The van der Waals surface area contributed by atoms with Crippen molar-refractivity contribution in [2.24, 2.45) is 0 Å². The molecule has 1 atom stereocenters. The molecule has 3 nitrogen and oxygen atoms in total. The van der Waals surface area contributed by atoms with E-state index in [2.05, 4.69) is 66.8 Å². The Morgan fingerprint density at radius 1 is 1.19 bits per heavy atom. The minimum Gasteiger partial charge on any atom is -0.331 e. The largest absolute Gasteiger partial charge is 0.331 e. The zero-order chi connectivity index (χ0) is 15.5. The van der Waals surface area contributed by atoms with Crippen LogP contribution in [0.4, 0.5) is 0 Å². The Hall–Kier alpha value is -1.61. The van der Waals surface area contributed by atoms with E-state index in [0.717, 1.165) is 18.9 Å². The number of benzene rings is 1. The van der Waals surface area contributed by atoms with Crippen LogP contribution in [-0.4, -0.2) is 21.6 Å². The maximum atomic E-state index is 4.26. The summed E-state index contributed by atoms with van der Waals surface area (Å²) in [6, 6.07) is 8.94. The molecule has 2 rings (SSSR count). The van der Waals surface area contributed by atoms with Crippen LogP contribution in [0.5, 0.6) is 0 Å². The minimum atomic E-state index is 0.174. The smallest absolute Gasteiger partial charge is 0.105 e. The van der Waals surface area contributed by atoms with Gasteiger partial charge in [-0.05, 0) is 44.7 Å². The molecule has 1 heterocycles. The van der Waals surface area contributed by atoms with Crippen molar-refractivity contribution in [3.05, 3.63) is 53.6 Å². The molecular formula is C18H27N3. The first-order valence-corrected chi connectivity index (χ1v) is 7.67. The molecule has 2 aromatic rings. The lowest BCUT2D eigenvalue weighted by molar-refractivity contribution is 0.412. The molecule has 1 aromatic carbocycles. The lowest BCUT2D eigenvalue weighted by Crippen LogP contribution is -2.38. The lowest BCUT2D eigenvalue weighted by Gasteiger charge is -2.23. The van der Waals surface area contributed by atoms with Gasteiger partial charge in [0, 0.05) is 31.0 Å². The highest BCUT2D eigenvalue weighted by atomic mass is 15.0. The summed E-state index contributed by atoms with van der Waals surface area (Å²) in [5.74, 6) is 1.58. The zero-order valence-corrected chi connectivity index (χ0v) is 13.9. The fourth-order valence-corrected chi connectivity index (χ4v) is 2.30. The number of nitrogens with zero attached hydrogens (tertiary/aromatic N) is 2. The summed E-state index contributed by atoms with van der Waals surface area (Å²) in [6.07, 6.45) is 3.88. The number of aryl methyl sites for hydroxylation is 1. The van der Waals surface area contributed by atoms with Crippen molar-refractivity contribution < 1.29 is 0 Å². The highest BCUT2D eigenvalue weighted by Crippen LogP contribution is 2.17. The number of imidazole rings is 1. The molecule has 0 aliphatic carbocycles. The Bertz CT molecular complexity index is 561. The minimum absolute atomic E-state index is 0.174. The summed E-state index contributed by atoms with van der Waals surface area (Å²) in [4.78, 5) is 4.26. The normalized spacial score (nSPS) is 13.4. The van der Waals surface area contributed by atoms with E-state index < -0.39 is 0 Å². The van der Waals surface area contributed by atoms with Gasteiger partial charge in [0.05, 0.1) is 0 Å². The van der Waals surface area contributed by atoms with Gasteiger partial charge in [-0.3, -0.25) is 0 Å². The van der Waals surface area contributed by atoms with Crippen molar-refractivity contribution in [3.8, 4) is 0 Å². The summed E-state index contributed by atoms with van der Waals surface area (Å²) in [5.41, 5.74) is 2.88. The monoisotopic (exact) mass is 285 g/mol. The molecule has 0 saturated heterocycles. The van der Waals surface area contributed by atoms with E-state index >= 15 is 0 Å². The van der Waals surface area contributed by atoms with Crippen LogP contribution in [0.1, 0.15) is 50.6 Å². The van der Waals surface area contributed by atoms with E-state index in [1.54, 1.807) is 0 Å². The third-order valence-corrected chi connectivity index (χ3v) is 3.76. The van der Waals surface area contributed by atoms with Crippen LogP contribution in [0.25, 0.3) is 0 Å². The van der Waals surface area contributed by atoms with Crippen LogP contribution in [-0.2, 0) is 6.54 Å². The van der Waals surface area contributed by atoms with Crippen LogP contribution >= 0.6 is 0 Å². The predicted molar refractivity (Wildman–Crippen MR) is 88.7 cm³/mol. The molecule has 0 bridgehead atoms. The quantitative estimate of drug-likeness (QED) is 0.907. The standard InChI is InChI=1S/C18H27N3/c1-14(12-20-18(3,4)5)17-8-6-16(7-9-17)13-21-11-10-19-15(21)2/h6-11,14,20H,12-13H2,1-5H3. The maximum Gasteiger partial charge on any atom is 0.105 e. The van der Waals surface area contributed by atoms with Crippen LogP contribution in [0, 0.1) is 6.92 Å². The van der Waals surface area contributed by atoms with E-state index in [0.29, 0.717) is 5.92 Å². The molecule has 0 radical (unpaired) electrons. The van der Waals surface area contributed by atoms with Crippen molar-refractivity contribution in [3.63, 3.8) is 0 Å². The van der Waals surface area contributed by atoms with Crippen molar-refractivity contribution in [2.45, 2.75) is 52.6 Å². The first-order valence-electron chi connectivity index (χ1n) is 7.67. The third kappa shape index (κ3) is 4.71. The molecule has 1 N–H and O–H groups in total. The third-order valence-electron chi connectivity index (χ3n) is 3.76. The maximum absolute atomic E-state index is 4.26. The second kappa shape index (κ2) is 6.44. The van der Waals surface area contributed by atoms with Gasteiger partial charge in [-0.15, -0.1) is 0 Å². The van der Waals surface area contributed by atoms with Crippen molar-refractivity contribution in [1.29, 1.82) is 0 Å². The summed E-state index contributed by atoms with van der Waals surface area (Å²) in [5, 5.41) is 3.57. The molecule has 3 heteroatoms. The van der Waals surface area contributed by atoms with E-state index in [4.69, 9.17) is 0 Å². The van der Waals surface area contributed by atoms with Crippen molar-refractivity contribution in [2.75, 3.05) is 6.54 Å². The first kappa shape index (κ1) is 15.8. The van der Waals surface area contributed by atoms with Crippen LogP contribution in [0.15, 0.2) is 36.7 Å². The average Bonchev–Trinajstić information content (AvgIpc) is 2.82. The van der Waals surface area contributed by atoms with Gasteiger partial charge in [0.15, 0.2) is 0 Å². The van der Waals surface area contributed by atoms with Crippen molar-refractivity contribution >= 4 is 0 Å².